The smallest absolute Gasteiger partial charge is 0.162 e. The number of pyridine rings is 1. The van der Waals surface area contributed by atoms with E-state index in [-0.39, 0.29) is 0 Å². The average Bonchev–Trinajstić information content (AvgIpc) is 2.98. The number of nitrogens with zero attached hydrogens (tertiary/aromatic N) is 3. The van der Waals surface area contributed by atoms with Gasteiger partial charge in [-0.25, -0.2) is 9.97 Å². The molecule has 0 saturated carbocycles. The maximum Gasteiger partial charge on any atom is 0.162 e. The van der Waals surface area contributed by atoms with Crippen molar-refractivity contribution in [3.63, 3.8) is 0 Å². The first-order valence-corrected chi connectivity index (χ1v) is 7.98. The van der Waals surface area contributed by atoms with Crippen LogP contribution in [0.1, 0.15) is 5.56 Å². The fraction of sp³-hybridized carbons (Fsp3) is 0.100. The van der Waals surface area contributed by atoms with E-state index in [4.69, 9.17) is 9.97 Å². The first-order valence-electron chi connectivity index (χ1n) is 7.98. The van der Waals surface area contributed by atoms with E-state index in [0.717, 1.165) is 34.9 Å². The first kappa shape index (κ1) is 14.5. The zero-order valence-corrected chi connectivity index (χ0v) is 13.5. The number of aryl methyl sites for hydroxylation is 1. The summed E-state index contributed by atoms with van der Waals surface area (Å²) in [5.74, 6) is 1.78. The summed E-state index contributed by atoms with van der Waals surface area (Å²) in [6.45, 7) is 0.753. The Bertz CT molecular complexity index is 959. The van der Waals surface area contributed by atoms with Crippen LogP contribution >= 0.6 is 0 Å². The number of aromatic nitrogens is 3. The van der Waals surface area contributed by atoms with Crippen LogP contribution in [-0.4, -0.2) is 14.5 Å². The molecule has 0 aliphatic carbocycles. The molecule has 4 aromatic rings. The fourth-order valence-corrected chi connectivity index (χ4v) is 2.80. The van der Waals surface area contributed by atoms with Crippen LogP contribution in [0.2, 0.25) is 0 Å². The van der Waals surface area contributed by atoms with E-state index < -0.39 is 0 Å². The monoisotopic (exact) mass is 314 g/mol. The second kappa shape index (κ2) is 6.16. The molecule has 0 aliphatic heterocycles. The Labute approximate surface area is 140 Å². The predicted octanol–water partition coefficient (Wildman–Crippen LogP) is 4.25. The van der Waals surface area contributed by atoms with Crippen LogP contribution in [0.25, 0.3) is 22.6 Å². The van der Waals surface area contributed by atoms with Gasteiger partial charge in [0.1, 0.15) is 17.2 Å². The lowest BCUT2D eigenvalue weighted by Gasteiger charge is -2.06. The average molecular weight is 314 g/mol. The van der Waals surface area contributed by atoms with E-state index in [1.165, 1.54) is 5.56 Å². The standard InChI is InChI=1S/C20H18N4/c1-24-19(16-10-6-3-7-11-16)22-17-12-13-18(23-20(17)24)21-14-15-8-4-2-5-9-15/h2-13H,14H2,1H3,(H,21,23). The lowest BCUT2D eigenvalue weighted by molar-refractivity contribution is 0.941. The van der Waals surface area contributed by atoms with E-state index >= 15 is 0 Å². The van der Waals surface area contributed by atoms with E-state index in [1.807, 2.05) is 60.1 Å². The predicted molar refractivity (Wildman–Crippen MR) is 97.7 cm³/mol. The molecule has 2 aromatic heterocycles. The highest BCUT2D eigenvalue weighted by Gasteiger charge is 2.11. The first-order chi connectivity index (χ1) is 11.8. The van der Waals surface area contributed by atoms with Crippen LogP contribution in [0, 0.1) is 0 Å². The quantitative estimate of drug-likeness (QED) is 0.612. The second-order valence-electron chi connectivity index (χ2n) is 5.74. The van der Waals surface area contributed by atoms with E-state index in [0.29, 0.717) is 0 Å². The molecule has 2 aromatic carbocycles. The van der Waals surface area contributed by atoms with Gasteiger partial charge in [0.25, 0.3) is 0 Å². The third-order valence-corrected chi connectivity index (χ3v) is 4.06. The molecule has 118 valence electrons. The summed E-state index contributed by atoms with van der Waals surface area (Å²) < 4.78 is 2.04. The number of hydrogen-bond donors (Lipinski definition) is 1. The van der Waals surface area contributed by atoms with Gasteiger partial charge in [-0.05, 0) is 17.7 Å². The Morgan fingerprint density at radius 2 is 1.54 bits per heavy atom. The number of anilines is 1. The molecule has 4 rings (SSSR count). The van der Waals surface area contributed by atoms with Crippen molar-refractivity contribution in [3.8, 4) is 11.4 Å². The Kier molecular flexibility index (Phi) is 3.71. The highest BCUT2D eigenvalue weighted by molar-refractivity contribution is 5.78. The Hall–Kier alpha value is -3.14. The van der Waals surface area contributed by atoms with Gasteiger partial charge in [-0.3, -0.25) is 0 Å². The van der Waals surface area contributed by atoms with Crippen molar-refractivity contribution >= 4 is 17.0 Å². The van der Waals surface area contributed by atoms with Crippen LogP contribution in [0.4, 0.5) is 5.82 Å². The number of fused-ring (bicyclic) bond motifs is 1. The van der Waals surface area contributed by atoms with Gasteiger partial charge in [-0.2, -0.15) is 0 Å². The molecule has 24 heavy (non-hydrogen) atoms. The Balaban J connectivity index is 1.64. The van der Waals surface area contributed by atoms with Crippen molar-refractivity contribution in [1.82, 2.24) is 14.5 Å². The van der Waals surface area contributed by atoms with Crippen molar-refractivity contribution in [2.45, 2.75) is 6.54 Å². The molecule has 0 amide bonds. The zero-order chi connectivity index (χ0) is 16.4. The second-order valence-corrected chi connectivity index (χ2v) is 5.74. The van der Waals surface area contributed by atoms with Crippen molar-refractivity contribution < 1.29 is 0 Å². The van der Waals surface area contributed by atoms with Crippen LogP contribution < -0.4 is 5.32 Å². The fourth-order valence-electron chi connectivity index (χ4n) is 2.80. The summed E-state index contributed by atoms with van der Waals surface area (Å²) in [6, 6.07) is 24.5. The van der Waals surface area contributed by atoms with Gasteiger partial charge in [-0.1, -0.05) is 60.7 Å². The largest absolute Gasteiger partial charge is 0.366 e. The number of imidazole rings is 1. The highest BCUT2D eigenvalue weighted by Crippen LogP contribution is 2.23. The maximum atomic E-state index is 4.73. The lowest BCUT2D eigenvalue weighted by Crippen LogP contribution is -2.02. The molecular weight excluding hydrogens is 296 g/mol. The summed E-state index contributed by atoms with van der Waals surface area (Å²) in [6.07, 6.45) is 0. The summed E-state index contributed by atoms with van der Waals surface area (Å²) >= 11 is 0. The Morgan fingerprint density at radius 1 is 0.833 bits per heavy atom. The van der Waals surface area contributed by atoms with Gasteiger partial charge >= 0.3 is 0 Å². The van der Waals surface area contributed by atoms with E-state index in [9.17, 15) is 0 Å². The summed E-state index contributed by atoms with van der Waals surface area (Å²) in [5, 5.41) is 3.38. The van der Waals surface area contributed by atoms with Gasteiger partial charge in [0.05, 0.1) is 0 Å². The van der Waals surface area contributed by atoms with Gasteiger partial charge in [0.15, 0.2) is 5.65 Å². The van der Waals surface area contributed by atoms with Crippen LogP contribution in [-0.2, 0) is 13.6 Å². The SMILES string of the molecule is Cn1c(-c2ccccc2)nc2ccc(NCc3ccccc3)nc21. The molecule has 4 heteroatoms. The normalized spacial score (nSPS) is 10.9. The topological polar surface area (TPSA) is 42.7 Å². The molecule has 0 fully saturated rings. The van der Waals surface area contributed by atoms with Gasteiger partial charge in [-0.15, -0.1) is 0 Å². The van der Waals surface area contributed by atoms with Crippen molar-refractivity contribution in [3.05, 3.63) is 78.4 Å². The molecule has 2 heterocycles. The number of nitrogens with one attached hydrogen (secondary N) is 1. The number of hydrogen-bond acceptors (Lipinski definition) is 3. The highest BCUT2D eigenvalue weighted by atomic mass is 15.1. The van der Waals surface area contributed by atoms with Crippen molar-refractivity contribution in [1.29, 1.82) is 0 Å². The molecule has 1 N–H and O–H groups in total. The van der Waals surface area contributed by atoms with Crippen molar-refractivity contribution in [2.24, 2.45) is 7.05 Å². The van der Waals surface area contributed by atoms with Crippen LogP contribution in [0.5, 0.6) is 0 Å². The molecular formula is C20H18N4. The van der Waals surface area contributed by atoms with E-state index in [1.54, 1.807) is 0 Å². The molecule has 0 aliphatic rings. The summed E-state index contributed by atoms with van der Waals surface area (Å²) in [4.78, 5) is 9.44. The molecule has 0 saturated heterocycles. The zero-order valence-electron chi connectivity index (χ0n) is 13.5. The molecule has 0 radical (unpaired) electrons. The molecule has 0 unspecified atom stereocenters. The third kappa shape index (κ3) is 2.74. The third-order valence-electron chi connectivity index (χ3n) is 4.06. The van der Waals surface area contributed by atoms with Crippen LogP contribution in [0.3, 0.4) is 0 Å². The van der Waals surface area contributed by atoms with Crippen molar-refractivity contribution in [2.75, 3.05) is 5.32 Å². The van der Waals surface area contributed by atoms with Crippen LogP contribution in [0.15, 0.2) is 72.8 Å². The summed E-state index contributed by atoms with van der Waals surface area (Å²) in [7, 11) is 2.01. The lowest BCUT2D eigenvalue weighted by atomic mass is 10.2. The Morgan fingerprint density at radius 3 is 2.29 bits per heavy atom. The van der Waals surface area contributed by atoms with Gasteiger partial charge < -0.3 is 9.88 Å². The molecule has 4 nitrogen and oxygen atoms in total. The number of rotatable bonds is 4. The summed E-state index contributed by atoms with van der Waals surface area (Å²) in [5.41, 5.74) is 4.11. The maximum absolute atomic E-state index is 4.73. The van der Waals surface area contributed by atoms with E-state index in [2.05, 4.69) is 29.6 Å². The molecule has 0 spiro atoms. The molecule has 0 bridgehead atoms. The minimum Gasteiger partial charge on any atom is -0.366 e. The minimum atomic E-state index is 0.753. The minimum absolute atomic E-state index is 0.753. The molecule has 0 atom stereocenters. The van der Waals surface area contributed by atoms with Gasteiger partial charge in [0.2, 0.25) is 0 Å². The van der Waals surface area contributed by atoms with Gasteiger partial charge in [0, 0.05) is 19.2 Å². The number of benzene rings is 2.